The zero-order valence-corrected chi connectivity index (χ0v) is 13.4. The van der Waals surface area contributed by atoms with Crippen molar-refractivity contribution in [1.29, 1.82) is 0 Å². The maximum atomic E-state index is 6.04. The molecule has 1 fully saturated rings. The highest BCUT2D eigenvalue weighted by atomic mass is 32.2. The van der Waals surface area contributed by atoms with Gasteiger partial charge in [-0.25, -0.2) is 0 Å². The molecule has 1 aliphatic rings. The number of nitrogens with zero attached hydrogens (tertiary/aromatic N) is 3. The van der Waals surface area contributed by atoms with Crippen molar-refractivity contribution in [3.8, 4) is 0 Å². The molecule has 0 saturated carbocycles. The predicted octanol–water partition coefficient (Wildman–Crippen LogP) is 1.86. The van der Waals surface area contributed by atoms with Gasteiger partial charge in [0, 0.05) is 31.1 Å². The first kappa shape index (κ1) is 16.6. The molecule has 1 saturated heterocycles. The average molecular weight is 286 g/mol. The molecule has 0 aromatic heterocycles. The van der Waals surface area contributed by atoms with E-state index in [9.17, 15) is 0 Å². The van der Waals surface area contributed by atoms with Gasteiger partial charge < -0.3 is 15.5 Å². The Morgan fingerprint density at radius 2 is 1.79 bits per heavy atom. The van der Waals surface area contributed by atoms with E-state index >= 15 is 0 Å². The third-order valence-corrected chi connectivity index (χ3v) is 4.26. The molecule has 19 heavy (non-hydrogen) atoms. The second kappa shape index (κ2) is 10.4. The number of rotatable bonds is 8. The molecule has 5 heteroatoms. The van der Waals surface area contributed by atoms with Gasteiger partial charge in [0.15, 0.2) is 5.96 Å². The maximum Gasteiger partial charge on any atom is 0.191 e. The zero-order valence-electron chi connectivity index (χ0n) is 12.6. The number of guanidine groups is 1. The largest absolute Gasteiger partial charge is 0.370 e. The molecule has 0 atom stereocenters. The van der Waals surface area contributed by atoms with Crippen molar-refractivity contribution in [3.63, 3.8) is 0 Å². The van der Waals surface area contributed by atoms with Crippen molar-refractivity contribution in [3.05, 3.63) is 0 Å². The van der Waals surface area contributed by atoms with Crippen LogP contribution < -0.4 is 5.73 Å². The van der Waals surface area contributed by atoms with Crippen LogP contribution in [0.2, 0.25) is 0 Å². The van der Waals surface area contributed by atoms with Crippen LogP contribution in [0, 0.1) is 0 Å². The third-order valence-electron chi connectivity index (χ3n) is 3.32. The number of aliphatic imine (C=N–C) groups is 1. The van der Waals surface area contributed by atoms with Crippen molar-refractivity contribution in [2.75, 3.05) is 50.8 Å². The number of hydrogen-bond donors (Lipinski definition) is 1. The van der Waals surface area contributed by atoms with Crippen molar-refractivity contribution >= 4 is 17.7 Å². The quantitative estimate of drug-likeness (QED) is 0.420. The van der Waals surface area contributed by atoms with Gasteiger partial charge in [0.25, 0.3) is 0 Å². The Bertz CT molecular complexity index is 246. The molecule has 0 unspecified atom stereocenters. The zero-order chi connectivity index (χ0) is 13.9. The molecule has 0 radical (unpaired) electrons. The van der Waals surface area contributed by atoms with Crippen LogP contribution in [0.5, 0.6) is 0 Å². The SMILES string of the molecule is CCCN(CCC)CCCN=C(N)N1CCSCC1. The molecular formula is C14H30N4S. The fraction of sp³-hybridized carbons (Fsp3) is 0.929. The minimum atomic E-state index is 0.748. The van der Waals surface area contributed by atoms with Gasteiger partial charge >= 0.3 is 0 Å². The Morgan fingerprint density at radius 3 is 2.37 bits per heavy atom. The van der Waals surface area contributed by atoms with Crippen LogP contribution in [-0.2, 0) is 0 Å². The second-order valence-corrected chi connectivity index (χ2v) is 6.26. The summed E-state index contributed by atoms with van der Waals surface area (Å²) in [6.45, 7) is 11.0. The van der Waals surface area contributed by atoms with Crippen LogP contribution in [-0.4, -0.2) is 66.5 Å². The third kappa shape index (κ3) is 7.06. The Kier molecular flexibility index (Phi) is 9.08. The summed E-state index contributed by atoms with van der Waals surface area (Å²) in [5.74, 6) is 3.10. The highest BCUT2D eigenvalue weighted by molar-refractivity contribution is 7.99. The van der Waals surface area contributed by atoms with Gasteiger partial charge in [-0.2, -0.15) is 11.8 Å². The van der Waals surface area contributed by atoms with Gasteiger partial charge in [0.2, 0.25) is 0 Å². The normalized spacial score (nSPS) is 17.2. The van der Waals surface area contributed by atoms with Gasteiger partial charge in [-0.3, -0.25) is 4.99 Å². The lowest BCUT2D eigenvalue weighted by Crippen LogP contribution is -2.42. The molecule has 0 amide bonds. The molecule has 2 N–H and O–H groups in total. The molecule has 1 aliphatic heterocycles. The van der Waals surface area contributed by atoms with Crippen molar-refractivity contribution in [2.45, 2.75) is 33.1 Å². The molecule has 0 bridgehead atoms. The Hall–Kier alpha value is -0.420. The summed E-state index contributed by atoms with van der Waals surface area (Å²) < 4.78 is 0. The number of hydrogen-bond acceptors (Lipinski definition) is 3. The van der Waals surface area contributed by atoms with Gasteiger partial charge in [0.05, 0.1) is 0 Å². The van der Waals surface area contributed by atoms with Gasteiger partial charge in [-0.05, 0) is 38.9 Å². The highest BCUT2D eigenvalue weighted by Crippen LogP contribution is 2.08. The van der Waals surface area contributed by atoms with E-state index in [1.807, 2.05) is 11.8 Å². The Balaban J connectivity index is 2.19. The van der Waals surface area contributed by atoms with Gasteiger partial charge in [0.1, 0.15) is 0 Å². The van der Waals surface area contributed by atoms with E-state index in [2.05, 4.69) is 28.6 Å². The molecule has 0 spiro atoms. The molecule has 0 aliphatic carbocycles. The van der Waals surface area contributed by atoms with E-state index in [0.717, 1.165) is 38.6 Å². The summed E-state index contributed by atoms with van der Waals surface area (Å²) in [5, 5.41) is 0. The molecular weight excluding hydrogens is 256 g/mol. The van der Waals surface area contributed by atoms with E-state index in [1.165, 1.54) is 37.4 Å². The molecule has 1 heterocycles. The van der Waals surface area contributed by atoms with Crippen LogP contribution >= 0.6 is 11.8 Å². The summed E-state index contributed by atoms with van der Waals surface area (Å²) in [7, 11) is 0. The summed E-state index contributed by atoms with van der Waals surface area (Å²) in [5.41, 5.74) is 6.04. The van der Waals surface area contributed by atoms with E-state index in [0.29, 0.717) is 0 Å². The maximum absolute atomic E-state index is 6.04. The molecule has 4 nitrogen and oxygen atoms in total. The monoisotopic (exact) mass is 286 g/mol. The fourth-order valence-electron chi connectivity index (χ4n) is 2.35. The lowest BCUT2D eigenvalue weighted by Gasteiger charge is -2.27. The van der Waals surface area contributed by atoms with E-state index in [-0.39, 0.29) is 0 Å². The van der Waals surface area contributed by atoms with Crippen LogP contribution in [0.15, 0.2) is 4.99 Å². The number of nitrogens with two attached hydrogens (primary N) is 1. The standard InChI is InChI=1S/C14H30N4S/c1-3-7-17(8-4-2)9-5-6-16-14(15)18-10-12-19-13-11-18/h3-13H2,1-2H3,(H2,15,16). The topological polar surface area (TPSA) is 44.9 Å². The summed E-state index contributed by atoms with van der Waals surface area (Å²) >= 11 is 2.00. The highest BCUT2D eigenvalue weighted by Gasteiger charge is 2.11. The minimum absolute atomic E-state index is 0.748. The lowest BCUT2D eigenvalue weighted by molar-refractivity contribution is 0.273. The molecule has 1 rings (SSSR count). The predicted molar refractivity (Wildman–Crippen MR) is 87.0 cm³/mol. The molecule has 0 aromatic rings. The van der Waals surface area contributed by atoms with E-state index < -0.39 is 0 Å². The van der Waals surface area contributed by atoms with Crippen LogP contribution in [0.1, 0.15) is 33.1 Å². The van der Waals surface area contributed by atoms with Crippen molar-refractivity contribution < 1.29 is 0 Å². The fourth-order valence-corrected chi connectivity index (χ4v) is 3.25. The van der Waals surface area contributed by atoms with Crippen LogP contribution in [0.4, 0.5) is 0 Å². The van der Waals surface area contributed by atoms with Gasteiger partial charge in [-0.1, -0.05) is 13.8 Å². The molecule has 0 aromatic carbocycles. The second-order valence-electron chi connectivity index (χ2n) is 5.03. The lowest BCUT2D eigenvalue weighted by atomic mass is 10.3. The minimum Gasteiger partial charge on any atom is -0.370 e. The van der Waals surface area contributed by atoms with E-state index in [4.69, 9.17) is 5.73 Å². The van der Waals surface area contributed by atoms with Crippen molar-refractivity contribution in [1.82, 2.24) is 9.80 Å². The summed E-state index contributed by atoms with van der Waals surface area (Å²) in [6, 6.07) is 0. The average Bonchev–Trinajstić information content (AvgIpc) is 2.44. The summed E-state index contributed by atoms with van der Waals surface area (Å²) in [6.07, 6.45) is 3.58. The first-order valence-electron chi connectivity index (χ1n) is 7.62. The Labute approximate surface area is 122 Å². The Morgan fingerprint density at radius 1 is 1.16 bits per heavy atom. The number of thioether (sulfide) groups is 1. The van der Waals surface area contributed by atoms with Crippen LogP contribution in [0.3, 0.4) is 0 Å². The smallest absolute Gasteiger partial charge is 0.191 e. The molecule has 112 valence electrons. The van der Waals surface area contributed by atoms with Crippen LogP contribution in [0.25, 0.3) is 0 Å². The summed E-state index contributed by atoms with van der Waals surface area (Å²) in [4.78, 5) is 9.27. The van der Waals surface area contributed by atoms with E-state index in [1.54, 1.807) is 0 Å². The first-order chi connectivity index (χ1) is 9.27. The first-order valence-corrected chi connectivity index (χ1v) is 8.78. The van der Waals surface area contributed by atoms with Gasteiger partial charge in [-0.15, -0.1) is 0 Å². The van der Waals surface area contributed by atoms with Crippen molar-refractivity contribution in [2.24, 2.45) is 10.7 Å².